The highest BCUT2D eigenvalue weighted by molar-refractivity contribution is 9.10. The molecule has 0 unspecified atom stereocenters. The molecule has 2 bridgehead atoms. The Hall–Kier alpha value is -4.18. The molecule has 4 aliphatic carbocycles. The molecule has 6 aliphatic rings. The first-order chi connectivity index (χ1) is 27.4. The van der Waals surface area contributed by atoms with Gasteiger partial charge in [-0.1, -0.05) is 47.0 Å². The van der Waals surface area contributed by atoms with E-state index in [1.165, 1.54) is 11.0 Å². The summed E-state index contributed by atoms with van der Waals surface area (Å²) in [5.41, 5.74) is -0.609. The van der Waals surface area contributed by atoms with Gasteiger partial charge >= 0.3 is 6.09 Å². The zero-order valence-corrected chi connectivity index (χ0v) is 34.2. The molecule has 4 saturated carbocycles. The van der Waals surface area contributed by atoms with Crippen molar-refractivity contribution in [2.24, 2.45) is 17.8 Å². The number of pyridine rings is 1. The van der Waals surface area contributed by atoms with E-state index in [-0.39, 0.29) is 49.0 Å². The fourth-order valence-corrected chi connectivity index (χ4v) is 11.1. The minimum absolute atomic E-state index is 0.00388. The van der Waals surface area contributed by atoms with Gasteiger partial charge in [0.2, 0.25) is 27.7 Å². The van der Waals surface area contributed by atoms with E-state index < -0.39 is 68.7 Å². The number of aromatic nitrogens is 1. The fourth-order valence-electron chi connectivity index (χ4n) is 9.34. The molecule has 1 saturated heterocycles. The maximum atomic E-state index is 14.9. The Morgan fingerprint density at radius 3 is 2.54 bits per heavy atom. The van der Waals surface area contributed by atoms with Gasteiger partial charge < -0.3 is 30.1 Å². The molecule has 1 aromatic heterocycles. The van der Waals surface area contributed by atoms with Crippen LogP contribution in [0, 0.1) is 17.8 Å². The van der Waals surface area contributed by atoms with Crippen LogP contribution in [0.3, 0.4) is 0 Å². The lowest BCUT2D eigenvalue weighted by Crippen LogP contribution is -2.59. The highest BCUT2D eigenvalue weighted by atomic mass is 79.9. The van der Waals surface area contributed by atoms with Crippen LogP contribution < -0.4 is 20.1 Å². The summed E-state index contributed by atoms with van der Waals surface area (Å²) >= 11 is 3.49. The second-order valence-electron chi connectivity index (χ2n) is 16.6. The second kappa shape index (κ2) is 15.9. The summed E-state index contributed by atoms with van der Waals surface area (Å²) in [6, 6.07) is 3.23. The molecule has 1 aromatic carbocycles. The Labute approximate surface area is 340 Å². The van der Waals surface area contributed by atoms with Crippen LogP contribution in [0.4, 0.5) is 4.79 Å². The molecule has 2 aliphatic heterocycles. The number of amides is 4. The molecule has 8 rings (SSSR count). The average molecular weight is 869 g/mol. The summed E-state index contributed by atoms with van der Waals surface area (Å²) in [7, 11) is -3.91. The maximum absolute atomic E-state index is 14.9. The van der Waals surface area contributed by atoms with Crippen molar-refractivity contribution in [2.75, 3.05) is 6.54 Å². The molecule has 14 nitrogen and oxygen atoms in total. The topological polar surface area (TPSA) is 193 Å². The lowest BCUT2D eigenvalue weighted by molar-refractivity contribution is -0.142. The van der Waals surface area contributed by atoms with Gasteiger partial charge in [0, 0.05) is 22.2 Å². The minimum atomic E-state index is -3.91. The Bertz CT molecular complexity index is 2100. The van der Waals surface area contributed by atoms with Crippen LogP contribution in [-0.4, -0.2) is 88.8 Å². The monoisotopic (exact) mass is 867 g/mol. The number of nitrogens with zero attached hydrogens (tertiary/aromatic N) is 2. The Morgan fingerprint density at radius 2 is 1.81 bits per heavy atom. The van der Waals surface area contributed by atoms with Gasteiger partial charge in [0.1, 0.15) is 35.6 Å². The largest absolute Gasteiger partial charge is 0.507 e. The normalized spacial score (nSPS) is 30.9. The van der Waals surface area contributed by atoms with Crippen LogP contribution in [-0.2, 0) is 35.6 Å². The molecule has 4 amide bonds. The highest BCUT2D eigenvalue weighted by Gasteiger charge is 2.62. The first-order valence-corrected chi connectivity index (χ1v) is 22.6. The number of hydrogen-bond donors (Lipinski definition) is 4. The highest BCUT2D eigenvalue weighted by Crippen LogP contribution is 2.46. The van der Waals surface area contributed by atoms with E-state index in [1.54, 1.807) is 12.1 Å². The number of fused-ring (bicyclic) bond motifs is 5. The van der Waals surface area contributed by atoms with E-state index in [0.717, 1.165) is 49.4 Å². The van der Waals surface area contributed by atoms with E-state index in [0.29, 0.717) is 48.6 Å². The van der Waals surface area contributed by atoms with Crippen LogP contribution in [0.15, 0.2) is 47.5 Å². The summed E-state index contributed by atoms with van der Waals surface area (Å²) < 4.78 is 41.1. The molecule has 3 heterocycles. The zero-order valence-electron chi connectivity index (χ0n) is 31.8. The van der Waals surface area contributed by atoms with E-state index in [9.17, 15) is 32.7 Å². The average Bonchev–Trinajstić information content (AvgIpc) is 3.97. The van der Waals surface area contributed by atoms with Gasteiger partial charge in [-0.25, -0.2) is 18.2 Å². The number of rotatable bonds is 7. The fraction of sp³-hybridized carbons (Fsp3) is 0.585. The lowest BCUT2D eigenvalue weighted by Gasteiger charge is -2.32. The summed E-state index contributed by atoms with van der Waals surface area (Å²) in [5.74, 6) is -2.34. The summed E-state index contributed by atoms with van der Waals surface area (Å²) in [6.45, 7) is 3.74. The third-order valence-corrected chi connectivity index (χ3v) is 15.1. The Kier molecular flexibility index (Phi) is 11.0. The lowest BCUT2D eigenvalue weighted by atomic mass is 9.96. The number of carbonyl (C=O) groups is 4. The van der Waals surface area contributed by atoms with Gasteiger partial charge in [-0.15, -0.1) is 6.58 Å². The van der Waals surface area contributed by atoms with Crippen molar-refractivity contribution in [3.8, 4) is 11.6 Å². The molecule has 2 aromatic rings. The maximum Gasteiger partial charge on any atom is 0.408 e. The zero-order chi connectivity index (χ0) is 40.1. The van der Waals surface area contributed by atoms with E-state index in [4.69, 9.17) is 14.5 Å². The van der Waals surface area contributed by atoms with Crippen LogP contribution in [0.1, 0.15) is 89.0 Å². The summed E-state index contributed by atoms with van der Waals surface area (Å²) in [6.07, 6.45) is 12.5. The predicted molar refractivity (Wildman–Crippen MR) is 213 cm³/mol. The van der Waals surface area contributed by atoms with Gasteiger partial charge in [-0.2, -0.15) is 0 Å². The minimum Gasteiger partial charge on any atom is -0.507 e. The molecular weight excluding hydrogens is 818 g/mol. The molecule has 0 radical (unpaired) electrons. The molecule has 306 valence electrons. The van der Waals surface area contributed by atoms with Crippen molar-refractivity contribution in [1.82, 2.24) is 25.2 Å². The van der Waals surface area contributed by atoms with Crippen molar-refractivity contribution in [2.45, 2.75) is 125 Å². The smallest absolute Gasteiger partial charge is 0.408 e. The van der Waals surface area contributed by atoms with Crippen molar-refractivity contribution >= 4 is 60.7 Å². The van der Waals surface area contributed by atoms with Crippen molar-refractivity contribution in [1.29, 1.82) is 0 Å². The molecule has 4 N–H and O–H groups in total. The van der Waals surface area contributed by atoms with E-state index in [2.05, 4.69) is 43.9 Å². The number of ether oxygens (including phenoxy) is 2. The summed E-state index contributed by atoms with van der Waals surface area (Å²) in [4.78, 5) is 62.8. The van der Waals surface area contributed by atoms with E-state index >= 15 is 0 Å². The van der Waals surface area contributed by atoms with Crippen LogP contribution in [0.5, 0.6) is 11.6 Å². The summed E-state index contributed by atoms with van der Waals surface area (Å²) in [5, 5.41) is 17.3. The standard InChI is InChI=1S/C41H50BrN5O9S/c1-2-25-21-41(25,39(51)46-57(53,54)28-16-17-28)45-36(49)32-20-27-22-47(32)38(50)34(24-10-6-7-11-24)44-40(52)56-33-14-8-12-23(33)9-4-3-5-13-29-35(48)30-19-26(42)15-18-31(30)43-37(29)55-27/h2-3,5,15,18-19,23-25,27-28,32-34H,1,4,6-14,16-17,20-22H2,(H,43,48)(H,44,52)(H,45,49)(H,46,51)/t23-,25-,27-,32+,33-,34+,41-/m1/s1. The Balaban J connectivity index is 1.15. The Morgan fingerprint density at radius 1 is 1.04 bits per heavy atom. The first-order valence-electron chi connectivity index (χ1n) is 20.3. The number of nitrogens with one attached hydrogen (secondary N) is 3. The number of aromatic hydroxyl groups is 1. The van der Waals surface area contributed by atoms with Crippen LogP contribution >= 0.6 is 15.9 Å². The predicted octanol–water partition coefficient (Wildman–Crippen LogP) is 5.07. The number of sulfonamides is 1. The van der Waals surface area contributed by atoms with E-state index in [1.807, 2.05) is 12.1 Å². The van der Waals surface area contributed by atoms with Crippen molar-refractivity contribution in [3.63, 3.8) is 0 Å². The van der Waals surface area contributed by atoms with Gasteiger partial charge in [0.25, 0.3) is 5.91 Å². The molecule has 7 atom stereocenters. The van der Waals surface area contributed by atoms with Gasteiger partial charge in [-0.05, 0) is 101 Å². The third kappa shape index (κ3) is 8.12. The van der Waals surface area contributed by atoms with Crippen LogP contribution in [0.2, 0.25) is 0 Å². The van der Waals surface area contributed by atoms with Crippen LogP contribution in [0.25, 0.3) is 10.9 Å². The molecule has 5 fully saturated rings. The third-order valence-electron chi connectivity index (χ3n) is 12.8. The van der Waals surface area contributed by atoms with Crippen molar-refractivity contribution < 1.29 is 42.2 Å². The SMILES string of the molecule is C=C[C@@H]1C[C@]1(NC(=O)[C@@H]1C[C@@H]2CN1C(=O)[C@H](C1CCCC1)NC(=O)O[C@@H]1CCC[C@H]1CCC=CCc1c(nc3ccc(Br)cc3c1O)O2)C(=O)NS(=O)(=O)C1CC1. The van der Waals surface area contributed by atoms with Gasteiger partial charge in [0.05, 0.1) is 22.9 Å². The number of carbonyl (C=O) groups excluding carboxylic acids is 4. The number of hydrogen-bond acceptors (Lipinski definition) is 10. The number of allylic oxidation sites excluding steroid dienone is 2. The molecule has 57 heavy (non-hydrogen) atoms. The van der Waals surface area contributed by atoms with Crippen molar-refractivity contribution in [3.05, 3.63) is 53.0 Å². The van der Waals surface area contributed by atoms with Gasteiger partial charge in [-0.3, -0.25) is 19.1 Å². The second-order valence-corrected chi connectivity index (χ2v) is 19.5. The molecule has 16 heteroatoms. The van der Waals surface area contributed by atoms with Gasteiger partial charge in [0.15, 0.2) is 0 Å². The number of alkyl carbamates (subject to hydrolysis) is 1. The molecule has 0 spiro atoms. The first kappa shape index (κ1) is 39.6. The number of benzene rings is 1. The molecular formula is C41H50BrN5O9S. The number of halogens is 1. The quantitative estimate of drug-likeness (QED) is 0.273.